The van der Waals surface area contributed by atoms with Crippen LogP contribution in [0.3, 0.4) is 0 Å². The fourth-order valence-corrected chi connectivity index (χ4v) is 4.96. The van der Waals surface area contributed by atoms with E-state index in [4.69, 9.17) is 18.7 Å². The number of pyridine rings is 1. The Balaban J connectivity index is 2.62. The van der Waals surface area contributed by atoms with Gasteiger partial charge in [0.2, 0.25) is 0 Å². The molecule has 0 aliphatic rings. The Morgan fingerprint density at radius 1 is 1.08 bits per heavy atom. The summed E-state index contributed by atoms with van der Waals surface area (Å²) in [4.78, 5) is 47.4. The fraction of sp³-hybridized carbons (Fsp3) is 0.458. The van der Waals surface area contributed by atoms with Crippen molar-refractivity contribution in [1.82, 2.24) is 4.98 Å². The third-order valence-corrected chi connectivity index (χ3v) is 9.03. The maximum Gasteiger partial charge on any atom is 0.524 e. The first kappa shape index (κ1) is 32.8. The minimum atomic E-state index is -5.13. The predicted molar refractivity (Wildman–Crippen MR) is 149 cm³/mol. The summed E-state index contributed by atoms with van der Waals surface area (Å²) in [7, 11) is -8.53. The van der Waals surface area contributed by atoms with Gasteiger partial charge in [-0.25, -0.2) is 13.8 Å². The summed E-state index contributed by atoms with van der Waals surface area (Å²) in [6.45, 7) is 12.5. The van der Waals surface area contributed by atoms with Gasteiger partial charge in [0.25, 0.3) is 0 Å². The lowest BCUT2D eigenvalue weighted by atomic mass is 10.1. The van der Waals surface area contributed by atoms with Gasteiger partial charge in [-0.05, 0) is 42.4 Å². The van der Waals surface area contributed by atoms with E-state index in [1.165, 1.54) is 18.3 Å². The molecule has 216 valence electrons. The maximum atomic E-state index is 14.6. The van der Waals surface area contributed by atoms with Crippen molar-refractivity contribution in [3.8, 4) is 5.75 Å². The summed E-state index contributed by atoms with van der Waals surface area (Å²) in [5.41, 5.74) is -0.439. The molecule has 0 bridgehead atoms. The van der Waals surface area contributed by atoms with Crippen molar-refractivity contribution in [2.24, 2.45) is 0 Å². The zero-order valence-corrected chi connectivity index (χ0v) is 25.8. The van der Waals surface area contributed by atoms with Crippen LogP contribution in [0.2, 0.25) is 51.4 Å². The number of aldehydes is 1. The molecule has 0 aliphatic carbocycles. The summed E-state index contributed by atoms with van der Waals surface area (Å²) in [6.07, 6.45) is 0.650. The molecule has 0 spiro atoms. The van der Waals surface area contributed by atoms with Crippen LogP contribution < -0.4 is 9.84 Å². The zero-order valence-electron chi connectivity index (χ0n) is 22.9. The van der Waals surface area contributed by atoms with Crippen LogP contribution in [0.1, 0.15) is 16.1 Å². The molecule has 0 fully saturated rings. The standard InChI is InChI=1S/C24H36FN2O9PSi2/c1-38(2,3)14-12-33-24(34-13-15-39(4,5)6,19-16-18(25)9-10-22(19)36-37(30,31)32)35-23(29)27-20-8-7-11-26-21(20)17-28/h7-11,16-17H,12-15H2,1-6H3,(H,27,29)(H2,30,31,32). The zero-order chi connectivity index (χ0) is 29.5. The van der Waals surface area contributed by atoms with E-state index < -0.39 is 53.2 Å². The Bertz CT molecular complexity index is 1180. The minimum Gasteiger partial charge on any atom is -0.404 e. The van der Waals surface area contributed by atoms with Crippen molar-refractivity contribution in [2.45, 2.75) is 57.3 Å². The quantitative estimate of drug-likeness (QED) is 0.108. The van der Waals surface area contributed by atoms with E-state index in [0.717, 1.165) is 18.2 Å². The number of nitrogens with zero attached hydrogens (tertiary/aromatic N) is 1. The number of phosphoric ester groups is 1. The summed E-state index contributed by atoms with van der Waals surface area (Å²) >= 11 is 0. The fourth-order valence-electron chi connectivity index (χ4n) is 3.12. The van der Waals surface area contributed by atoms with Crippen molar-refractivity contribution < 1.29 is 47.1 Å². The van der Waals surface area contributed by atoms with E-state index in [9.17, 15) is 28.3 Å². The second kappa shape index (κ2) is 13.3. The lowest BCUT2D eigenvalue weighted by Gasteiger charge is -2.35. The Hall–Kier alpha value is -2.46. The molecule has 2 rings (SSSR count). The number of benzene rings is 1. The van der Waals surface area contributed by atoms with Crippen LogP contribution in [0, 0.1) is 5.82 Å². The summed E-state index contributed by atoms with van der Waals surface area (Å²) in [5.74, 6) is -3.79. The van der Waals surface area contributed by atoms with Gasteiger partial charge in [-0.3, -0.25) is 24.9 Å². The van der Waals surface area contributed by atoms with Gasteiger partial charge >= 0.3 is 19.9 Å². The molecule has 0 aliphatic heterocycles. The van der Waals surface area contributed by atoms with E-state index >= 15 is 0 Å². The van der Waals surface area contributed by atoms with Gasteiger partial charge in [0.1, 0.15) is 17.3 Å². The molecule has 1 aromatic heterocycles. The SMILES string of the molecule is C[Si](C)(C)CCOC(OCC[Si](C)(C)C)(OC(=O)Nc1cccnc1C=O)c1cc(F)ccc1OP(=O)(O)O. The smallest absolute Gasteiger partial charge is 0.404 e. The number of hydrogen-bond donors (Lipinski definition) is 3. The molecule has 0 saturated carbocycles. The molecule has 1 aromatic carbocycles. The van der Waals surface area contributed by atoms with Gasteiger partial charge in [-0.15, -0.1) is 0 Å². The number of amides is 1. The minimum absolute atomic E-state index is 0.00823. The molecule has 11 nitrogen and oxygen atoms in total. The largest absolute Gasteiger partial charge is 0.524 e. The van der Waals surface area contributed by atoms with Gasteiger partial charge in [0.05, 0.1) is 24.5 Å². The normalized spacial score (nSPS) is 12.6. The number of hydrogen-bond acceptors (Lipinski definition) is 8. The molecule has 0 radical (unpaired) electrons. The monoisotopic (exact) mass is 602 g/mol. The maximum absolute atomic E-state index is 14.6. The molecular weight excluding hydrogens is 566 g/mol. The predicted octanol–water partition coefficient (Wildman–Crippen LogP) is 5.57. The third-order valence-electron chi connectivity index (χ3n) is 5.19. The van der Waals surface area contributed by atoms with Crippen LogP contribution in [-0.4, -0.2) is 56.5 Å². The van der Waals surface area contributed by atoms with Crippen LogP contribution >= 0.6 is 7.82 Å². The number of ether oxygens (including phenoxy) is 3. The van der Waals surface area contributed by atoms with Crippen molar-refractivity contribution in [2.75, 3.05) is 18.5 Å². The van der Waals surface area contributed by atoms with E-state index in [-0.39, 0.29) is 24.6 Å². The van der Waals surface area contributed by atoms with Crippen molar-refractivity contribution in [1.29, 1.82) is 0 Å². The van der Waals surface area contributed by atoms with Crippen LogP contribution in [0.5, 0.6) is 5.75 Å². The van der Waals surface area contributed by atoms with Crippen molar-refractivity contribution in [3.63, 3.8) is 0 Å². The summed E-state index contributed by atoms with van der Waals surface area (Å²) in [5, 5.41) is 2.40. The second-order valence-electron chi connectivity index (χ2n) is 11.2. The van der Waals surface area contributed by atoms with Crippen LogP contribution in [-0.2, 0) is 24.7 Å². The van der Waals surface area contributed by atoms with Crippen molar-refractivity contribution in [3.05, 3.63) is 53.6 Å². The highest BCUT2D eigenvalue weighted by Gasteiger charge is 2.44. The summed E-state index contributed by atoms with van der Waals surface area (Å²) < 4.78 is 48.9. The first-order valence-electron chi connectivity index (χ1n) is 12.2. The number of carbonyl (C=O) groups is 2. The van der Waals surface area contributed by atoms with E-state index in [2.05, 4.69) is 49.6 Å². The second-order valence-corrected chi connectivity index (χ2v) is 23.6. The number of rotatable bonds is 14. The number of phosphoric acid groups is 1. The van der Waals surface area contributed by atoms with E-state index in [1.54, 1.807) is 0 Å². The highest BCUT2D eigenvalue weighted by Crippen LogP contribution is 2.44. The first-order valence-corrected chi connectivity index (χ1v) is 21.1. The Morgan fingerprint density at radius 2 is 1.67 bits per heavy atom. The number of aromatic nitrogens is 1. The van der Waals surface area contributed by atoms with Gasteiger partial charge in [0.15, 0.2) is 6.29 Å². The molecular formula is C24H36FN2O9PSi2. The summed E-state index contributed by atoms with van der Waals surface area (Å²) in [6, 6.07) is 6.84. The number of nitrogens with one attached hydrogen (secondary N) is 1. The molecule has 2 aromatic rings. The van der Waals surface area contributed by atoms with Gasteiger partial charge < -0.3 is 18.7 Å². The van der Waals surface area contributed by atoms with Crippen LogP contribution in [0.15, 0.2) is 36.5 Å². The van der Waals surface area contributed by atoms with Gasteiger partial charge in [0, 0.05) is 22.3 Å². The van der Waals surface area contributed by atoms with Crippen LogP contribution in [0.4, 0.5) is 14.9 Å². The third kappa shape index (κ3) is 11.3. The topological polar surface area (TPSA) is 154 Å². The molecule has 15 heteroatoms. The number of carbonyl (C=O) groups excluding carboxylic acids is 2. The van der Waals surface area contributed by atoms with Gasteiger partial charge in [-0.1, -0.05) is 39.3 Å². The average Bonchev–Trinajstić information content (AvgIpc) is 2.77. The Kier molecular flexibility index (Phi) is 11.1. The number of anilines is 1. The molecule has 1 heterocycles. The van der Waals surface area contributed by atoms with E-state index in [0.29, 0.717) is 18.4 Å². The highest BCUT2D eigenvalue weighted by molar-refractivity contribution is 7.46. The molecule has 3 N–H and O–H groups in total. The average molecular weight is 603 g/mol. The molecule has 0 atom stereocenters. The first-order chi connectivity index (χ1) is 17.9. The molecule has 1 amide bonds. The van der Waals surface area contributed by atoms with Crippen molar-refractivity contribution >= 4 is 42.0 Å². The van der Waals surface area contributed by atoms with Gasteiger partial charge in [-0.2, -0.15) is 0 Å². The molecule has 0 unspecified atom stereocenters. The molecule has 0 saturated heterocycles. The number of halogens is 1. The van der Waals surface area contributed by atoms with Crippen LogP contribution in [0.25, 0.3) is 0 Å². The van der Waals surface area contributed by atoms with E-state index in [1.807, 2.05) is 0 Å². The molecule has 39 heavy (non-hydrogen) atoms. The Morgan fingerprint density at radius 3 is 2.18 bits per heavy atom. The Labute approximate surface area is 229 Å². The highest BCUT2D eigenvalue weighted by atomic mass is 31.2. The lowest BCUT2D eigenvalue weighted by Crippen LogP contribution is -2.42. The lowest BCUT2D eigenvalue weighted by molar-refractivity contribution is -0.364.